The van der Waals surface area contributed by atoms with Gasteiger partial charge in [0.15, 0.2) is 0 Å². The maximum atomic E-state index is 13.8. The number of likely N-dealkylation sites (N-methyl/N-ethyl adjacent to an activating group) is 1. The Kier molecular flexibility index (Phi) is 4.29. The molecule has 2 fully saturated rings. The van der Waals surface area contributed by atoms with Gasteiger partial charge in [-0.3, -0.25) is 4.79 Å². The van der Waals surface area contributed by atoms with Gasteiger partial charge in [0.05, 0.1) is 11.6 Å². The molecule has 126 valence electrons. The van der Waals surface area contributed by atoms with Crippen molar-refractivity contribution in [2.45, 2.75) is 31.3 Å². The number of nitrogens with one attached hydrogen (secondary N) is 1. The summed E-state index contributed by atoms with van der Waals surface area (Å²) in [6.45, 7) is 5.64. The van der Waals surface area contributed by atoms with Crippen LogP contribution in [0.1, 0.15) is 31.4 Å². The van der Waals surface area contributed by atoms with Gasteiger partial charge in [0.2, 0.25) is 5.91 Å². The number of benzene rings is 1. The highest BCUT2D eigenvalue weighted by Crippen LogP contribution is 2.34. The Morgan fingerprint density at radius 1 is 1.30 bits per heavy atom. The molecule has 0 spiro atoms. The van der Waals surface area contributed by atoms with Crippen LogP contribution in [-0.4, -0.2) is 49.6 Å². The molecule has 1 amide bonds. The third kappa shape index (κ3) is 3.48. The molecule has 1 aromatic rings. The predicted octanol–water partition coefficient (Wildman–Crippen LogP) is 1.25. The van der Waals surface area contributed by atoms with E-state index in [9.17, 15) is 9.18 Å². The summed E-state index contributed by atoms with van der Waals surface area (Å²) in [7, 11) is 2.10. The van der Waals surface area contributed by atoms with E-state index in [2.05, 4.69) is 22.2 Å². The van der Waals surface area contributed by atoms with Crippen LogP contribution in [0.3, 0.4) is 0 Å². The van der Waals surface area contributed by atoms with Gasteiger partial charge in [-0.1, -0.05) is 0 Å². The first-order chi connectivity index (χ1) is 10.9. The van der Waals surface area contributed by atoms with Gasteiger partial charge >= 0.3 is 0 Å². The first-order valence-corrected chi connectivity index (χ1v) is 8.22. The van der Waals surface area contributed by atoms with Gasteiger partial charge in [-0.2, -0.15) is 0 Å². The fraction of sp³-hybridized carbons (Fsp3) is 0.588. The number of amides is 1. The molecule has 2 aliphatic rings. The Balaban J connectivity index is 1.79. The highest BCUT2D eigenvalue weighted by atomic mass is 19.1. The standard InChI is InChI=1S/C17H25FN4O/c1-12(20-16(23)17(19)5-6-17)14-11-13(18)3-4-15(14)22-9-7-21(2)8-10-22/h3-4,11-12H,5-10,19H2,1-2H3,(H,20,23). The molecule has 3 rings (SSSR count). The van der Waals surface area contributed by atoms with Crippen LogP contribution in [0.25, 0.3) is 0 Å². The summed E-state index contributed by atoms with van der Waals surface area (Å²) in [5.41, 5.74) is 7.03. The number of nitrogens with zero attached hydrogens (tertiary/aromatic N) is 2. The Bertz CT molecular complexity index is 594. The molecule has 1 saturated heterocycles. The van der Waals surface area contributed by atoms with Crippen LogP contribution in [-0.2, 0) is 4.79 Å². The summed E-state index contributed by atoms with van der Waals surface area (Å²) in [5, 5.41) is 2.95. The molecule has 1 aromatic carbocycles. The van der Waals surface area contributed by atoms with Gasteiger partial charge < -0.3 is 20.9 Å². The molecule has 1 unspecified atom stereocenters. The average Bonchev–Trinajstić information content (AvgIpc) is 3.27. The van der Waals surface area contributed by atoms with Crippen molar-refractivity contribution in [1.82, 2.24) is 10.2 Å². The minimum atomic E-state index is -0.713. The van der Waals surface area contributed by atoms with Crippen LogP contribution in [0, 0.1) is 5.82 Å². The second kappa shape index (κ2) is 6.09. The van der Waals surface area contributed by atoms with Gasteiger partial charge in [0, 0.05) is 37.4 Å². The molecule has 3 N–H and O–H groups in total. The van der Waals surface area contributed by atoms with Gasteiger partial charge in [0.1, 0.15) is 5.82 Å². The summed E-state index contributed by atoms with van der Waals surface area (Å²) < 4.78 is 13.8. The number of carbonyl (C=O) groups is 1. The molecule has 1 saturated carbocycles. The lowest BCUT2D eigenvalue weighted by molar-refractivity contribution is -0.123. The number of hydrogen-bond acceptors (Lipinski definition) is 4. The first kappa shape index (κ1) is 16.2. The molecular weight excluding hydrogens is 295 g/mol. The Hall–Kier alpha value is -1.66. The largest absolute Gasteiger partial charge is 0.369 e. The summed E-state index contributed by atoms with van der Waals surface area (Å²) in [4.78, 5) is 16.7. The molecule has 23 heavy (non-hydrogen) atoms. The third-order valence-electron chi connectivity index (χ3n) is 4.89. The number of anilines is 1. The number of hydrogen-bond donors (Lipinski definition) is 2. The smallest absolute Gasteiger partial charge is 0.240 e. The topological polar surface area (TPSA) is 61.6 Å². The normalized spacial score (nSPS) is 21.8. The van der Waals surface area contributed by atoms with E-state index in [1.54, 1.807) is 0 Å². The maximum Gasteiger partial charge on any atom is 0.240 e. The van der Waals surface area contributed by atoms with Crippen LogP contribution in [0.5, 0.6) is 0 Å². The maximum absolute atomic E-state index is 13.8. The zero-order chi connectivity index (χ0) is 16.6. The predicted molar refractivity (Wildman–Crippen MR) is 88.8 cm³/mol. The molecule has 1 aliphatic carbocycles. The van der Waals surface area contributed by atoms with Gasteiger partial charge in [0.25, 0.3) is 0 Å². The Morgan fingerprint density at radius 2 is 1.96 bits per heavy atom. The SMILES string of the molecule is CC(NC(=O)C1(N)CC1)c1cc(F)ccc1N1CCN(C)CC1. The highest BCUT2D eigenvalue weighted by Gasteiger charge is 2.46. The van der Waals surface area contributed by atoms with Crippen molar-refractivity contribution >= 4 is 11.6 Å². The average molecular weight is 320 g/mol. The van der Waals surface area contributed by atoms with Crippen molar-refractivity contribution in [2.75, 3.05) is 38.1 Å². The lowest BCUT2D eigenvalue weighted by Gasteiger charge is -2.36. The van der Waals surface area contributed by atoms with Crippen molar-refractivity contribution in [3.8, 4) is 0 Å². The van der Waals surface area contributed by atoms with Crippen molar-refractivity contribution in [1.29, 1.82) is 0 Å². The quantitative estimate of drug-likeness (QED) is 0.876. The minimum Gasteiger partial charge on any atom is -0.369 e. The molecule has 1 atom stereocenters. The van der Waals surface area contributed by atoms with Crippen molar-refractivity contribution in [3.63, 3.8) is 0 Å². The number of halogens is 1. The number of rotatable bonds is 4. The van der Waals surface area contributed by atoms with E-state index in [0.717, 1.165) is 50.3 Å². The second-order valence-electron chi connectivity index (χ2n) is 6.84. The summed E-state index contributed by atoms with van der Waals surface area (Å²) in [6.07, 6.45) is 1.44. The number of nitrogens with two attached hydrogens (primary N) is 1. The lowest BCUT2D eigenvalue weighted by atomic mass is 10.0. The van der Waals surface area contributed by atoms with Gasteiger partial charge in [-0.25, -0.2) is 4.39 Å². The van der Waals surface area contributed by atoms with E-state index in [-0.39, 0.29) is 17.8 Å². The van der Waals surface area contributed by atoms with Crippen LogP contribution in [0.2, 0.25) is 0 Å². The fourth-order valence-electron chi connectivity index (χ4n) is 2.99. The van der Waals surface area contributed by atoms with E-state index in [0.29, 0.717) is 0 Å². The summed E-state index contributed by atoms with van der Waals surface area (Å²) in [6, 6.07) is 4.55. The van der Waals surface area contributed by atoms with Crippen LogP contribution >= 0.6 is 0 Å². The molecule has 5 nitrogen and oxygen atoms in total. The third-order valence-corrected chi connectivity index (χ3v) is 4.89. The van der Waals surface area contributed by atoms with Crippen molar-refractivity contribution < 1.29 is 9.18 Å². The molecule has 6 heteroatoms. The molecule has 1 aliphatic heterocycles. The van der Waals surface area contributed by atoms with Crippen LogP contribution < -0.4 is 16.0 Å². The fourth-order valence-corrected chi connectivity index (χ4v) is 2.99. The summed E-state index contributed by atoms with van der Waals surface area (Å²) >= 11 is 0. The van der Waals surface area contributed by atoms with E-state index in [1.165, 1.54) is 12.1 Å². The van der Waals surface area contributed by atoms with E-state index in [1.807, 2.05) is 13.0 Å². The van der Waals surface area contributed by atoms with Gasteiger partial charge in [-0.15, -0.1) is 0 Å². The zero-order valence-corrected chi connectivity index (χ0v) is 13.8. The summed E-state index contributed by atoms with van der Waals surface area (Å²) in [5.74, 6) is -0.425. The minimum absolute atomic E-state index is 0.140. The number of piperazine rings is 1. The highest BCUT2D eigenvalue weighted by molar-refractivity contribution is 5.89. The first-order valence-electron chi connectivity index (χ1n) is 8.22. The molecule has 0 aromatic heterocycles. The van der Waals surface area contributed by atoms with Gasteiger partial charge in [-0.05, 0) is 45.0 Å². The van der Waals surface area contributed by atoms with Crippen LogP contribution in [0.4, 0.5) is 10.1 Å². The van der Waals surface area contributed by atoms with E-state index < -0.39 is 5.54 Å². The zero-order valence-electron chi connectivity index (χ0n) is 13.8. The second-order valence-corrected chi connectivity index (χ2v) is 6.84. The molecule has 1 heterocycles. The molecular formula is C17H25FN4O. The van der Waals surface area contributed by atoms with Crippen LogP contribution in [0.15, 0.2) is 18.2 Å². The Labute approximate surface area is 136 Å². The molecule has 0 radical (unpaired) electrons. The monoisotopic (exact) mass is 320 g/mol. The number of carbonyl (C=O) groups excluding carboxylic acids is 1. The molecule has 0 bridgehead atoms. The Morgan fingerprint density at radius 3 is 2.57 bits per heavy atom. The lowest BCUT2D eigenvalue weighted by Crippen LogP contribution is -2.46. The van der Waals surface area contributed by atoms with Crippen molar-refractivity contribution in [3.05, 3.63) is 29.6 Å². The van der Waals surface area contributed by atoms with E-state index >= 15 is 0 Å². The van der Waals surface area contributed by atoms with Crippen molar-refractivity contribution in [2.24, 2.45) is 5.73 Å². The van der Waals surface area contributed by atoms with E-state index in [4.69, 9.17) is 5.73 Å².